The van der Waals surface area contributed by atoms with Gasteiger partial charge in [-0.05, 0) is 45.3 Å². The molecular formula is C13H26N2O2. The highest BCUT2D eigenvalue weighted by Crippen LogP contribution is 2.10. The van der Waals surface area contributed by atoms with Crippen LogP contribution in [0, 0.1) is 0 Å². The summed E-state index contributed by atoms with van der Waals surface area (Å²) in [7, 11) is 0. The number of piperidine rings is 1. The zero-order valence-corrected chi connectivity index (χ0v) is 11.0. The van der Waals surface area contributed by atoms with Crippen molar-refractivity contribution in [2.24, 2.45) is 0 Å². The smallest absolute Gasteiger partial charge is 0.303 e. The first-order valence-corrected chi connectivity index (χ1v) is 6.90. The second kappa shape index (κ2) is 8.48. The zero-order valence-electron chi connectivity index (χ0n) is 11.0. The summed E-state index contributed by atoms with van der Waals surface area (Å²) in [5, 5.41) is 12.0. The summed E-state index contributed by atoms with van der Waals surface area (Å²) in [6.45, 7) is 6.63. The molecule has 0 aliphatic carbocycles. The van der Waals surface area contributed by atoms with E-state index in [0.29, 0.717) is 6.04 Å². The van der Waals surface area contributed by atoms with Crippen LogP contribution in [-0.4, -0.2) is 48.2 Å². The van der Waals surface area contributed by atoms with Crippen LogP contribution >= 0.6 is 0 Å². The quantitative estimate of drug-likeness (QED) is 0.636. The number of hydrogen-bond acceptors (Lipinski definition) is 3. The van der Waals surface area contributed by atoms with Gasteiger partial charge in [-0.25, -0.2) is 0 Å². The molecule has 2 N–H and O–H groups in total. The first-order chi connectivity index (χ1) is 8.22. The van der Waals surface area contributed by atoms with E-state index in [2.05, 4.69) is 17.1 Å². The van der Waals surface area contributed by atoms with Crippen LogP contribution in [0.25, 0.3) is 0 Å². The van der Waals surface area contributed by atoms with Gasteiger partial charge in [0.1, 0.15) is 0 Å². The van der Waals surface area contributed by atoms with E-state index in [0.717, 1.165) is 19.5 Å². The Morgan fingerprint density at radius 1 is 1.47 bits per heavy atom. The van der Waals surface area contributed by atoms with Crippen molar-refractivity contribution in [1.82, 2.24) is 10.2 Å². The van der Waals surface area contributed by atoms with Gasteiger partial charge in [0.2, 0.25) is 0 Å². The number of carbonyl (C=O) groups is 1. The standard InChI is InChI=1S/C13H26N2O2/c1-2-3-9-15-10-5-6-12(11-15)14-8-4-7-13(16)17/h12,14H,2-11H2,1H3,(H,16,17). The molecule has 0 saturated carbocycles. The molecule has 1 aliphatic rings. The molecule has 1 heterocycles. The van der Waals surface area contributed by atoms with Crippen molar-refractivity contribution in [2.75, 3.05) is 26.2 Å². The lowest BCUT2D eigenvalue weighted by atomic mass is 10.1. The SMILES string of the molecule is CCCCN1CCCC(NCCCC(=O)O)C1. The fourth-order valence-corrected chi connectivity index (χ4v) is 2.35. The van der Waals surface area contributed by atoms with Gasteiger partial charge in [-0.1, -0.05) is 13.3 Å². The number of carboxylic acid groups (broad SMARTS) is 1. The largest absolute Gasteiger partial charge is 0.481 e. The molecule has 0 aromatic heterocycles. The summed E-state index contributed by atoms with van der Waals surface area (Å²) in [5.74, 6) is -0.694. The van der Waals surface area contributed by atoms with Gasteiger partial charge in [0.25, 0.3) is 0 Å². The van der Waals surface area contributed by atoms with Crippen LogP contribution in [0.5, 0.6) is 0 Å². The Bertz CT molecular complexity index is 221. The van der Waals surface area contributed by atoms with Crippen LogP contribution in [0.2, 0.25) is 0 Å². The molecule has 1 atom stereocenters. The maximum atomic E-state index is 10.4. The number of carboxylic acids is 1. The van der Waals surface area contributed by atoms with Gasteiger partial charge in [0, 0.05) is 19.0 Å². The highest BCUT2D eigenvalue weighted by Gasteiger charge is 2.18. The second-order valence-electron chi connectivity index (χ2n) is 4.94. The first-order valence-electron chi connectivity index (χ1n) is 6.90. The van der Waals surface area contributed by atoms with E-state index < -0.39 is 5.97 Å². The average molecular weight is 242 g/mol. The highest BCUT2D eigenvalue weighted by atomic mass is 16.4. The van der Waals surface area contributed by atoms with Crippen molar-refractivity contribution >= 4 is 5.97 Å². The van der Waals surface area contributed by atoms with Crippen LogP contribution in [0.15, 0.2) is 0 Å². The summed E-state index contributed by atoms with van der Waals surface area (Å²) in [4.78, 5) is 12.9. The van der Waals surface area contributed by atoms with Crippen LogP contribution in [-0.2, 0) is 4.79 Å². The third-order valence-electron chi connectivity index (χ3n) is 3.33. The van der Waals surface area contributed by atoms with Crippen molar-refractivity contribution in [3.05, 3.63) is 0 Å². The van der Waals surface area contributed by atoms with E-state index in [1.165, 1.54) is 38.8 Å². The van der Waals surface area contributed by atoms with Crippen molar-refractivity contribution in [3.63, 3.8) is 0 Å². The van der Waals surface area contributed by atoms with Gasteiger partial charge in [-0.2, -0.15) is 0 Å². The van der Waals surface area contributed by atoms with E-state index in [4.69, 9.17) is 5.11 Å². The molecule has 1 aliphatic heterocycles. The van der Waals surface area contributed by atoms with Crippen LogP contribution in [0.3, 0.4) is 0 Å². The summed E-state index contributed by atoms with van der Waals surface area (Å²) < 4.78 is 0. The van der Waals surface area contributed by atoms with Gasteiger partial charge in [0.15, 0.2) is 0 Å². The van der Waals surface area contributed by atoms with E-state index in [-0.39, 0.29) is 6.42 Å². The third kappa shape index (κ3) is 6.64. The molecule has 1 unspecified atom stereocenters. The van der Waals surface area contributed by atoms with E-state index in [1.807, 2.05) is 0 Å². The minimum absolute atomic E-state index is 0.277. The summed E-state index contributed by atoms with van der Waals surface area (Å²) >= 11 is 0. The minimum Gasteiger partial charge on any atom is -0.481 e. The molecule has 0 aromatic rings. The zero-order chi connectivity index (χ0) is 12.5. The average Bonchev–Trinajstić information content (AvgIpc) is 2.32. The molecule has 4 nitrogen and oxygen atoms in total. The van der Waals surface area contributed by atoms with Crippen molar-refractivity contribution < 1.29 is 9.90 Å². The third-order valence-corrected chi connectivity index (χ3v) is 3.33. The van der Waals surface area contributed by atoms with Gasteiger partial charge in [-0.15, -0.1) is 0 Å². The first kappa shape index (κ1) is 14.5. The molecule has 4 heteroatoms. The lowest BCUT2D eigenvalue weighted by Gasteiger charge is -2.33. The Morgan fingerprint density at radius 3 is 3.00 bits per heavy atom. The Kier molecular flexibility index (Phi) is 7.21. The molecule has 0 bridgehead atoms. The molecule has 0 radical (unpaired) electrons. The molecule has 1 rings (SSSR count). The number of nitrogens with zero attached hydrogens (tertiary/aromatic N) is 1. The van der Waals surface area contributed by atoms with E-state index in [1.54, 1.807) is 0 Å². The maximum Gasteiger partial charge on any atom is 0.303 e. The Balaban J connectivity index is 2.09. The van der Waals surface area contributed by atoms with Crippen molar-refractivity contribution in [1.29, 1.82) is 0 Å². The number of nitrogens with one attached hydrogen (secondary N) is 1. The van der Waals surface area contributed by atoms with Gasteiger partial charge < -0.3 is 15.3 Å². The number of aliphatic carboxylic acids is 1. The molecule has 17 heavy (non-hydrogen) atoms. The molecular weight excluding hydrogens is 216 g/mol. The predicted octanol–water partition coefficient (Wildman–Crippen LogP) is 1.71. The molecule has 1 fully saturated rings. The number of hydrogen-bond donors (Lipinski definition) is 2. The summed E-state index contributed by atoms with van der Waals surface area (Å²) in [6.07, 6.45) is 6.05. The van der Waals surface area contributed by atoms with Crippen LogP contribution in [0.1, 0.15) is 45.4 Å². The molecule has 0 aromatic carbocycles. The van der Waals surface area contributed by atoms with Crippen LogP contribution < -0.4 is 5.32 Å². The Hall–Kier alpha value is -0.610. The summed E-state index contributed by atoms with van der Waals surface area (Å²) in [6, 6.07) is 0.564. The van der Waals surface area contributed by atoms with Crippen LogP contribution in [0.4, 0.5) is 0 Å². The molecule has 0 amide bonds. The highest BCUT2D eigenvalue weighted by molar-refractivity contribution is 5.66. The Labute approximate surface area is 104 Å². The topological polar surface area (TPSA) is 52.6 Å². The fraction of sp³-hybridized carbons (Fsp3) is 0.923. The number of rotatable bonds is 8. The summed E-state index contributed by atoms with van der Waals surface area (Å²) in [5.41, 5.74) is 0. The number of unbranched alkanes of at least 4 members (excludes halogenated alkanes) is 1. The maximum absolute atomic E-state index is 10.4. The monoisotopic (exact) mass is 242 g/mol. The van der Waals surface area contributed by atoms with Gasteiger partial charge in [-0.3, -0.25) is 4.79 Å². The van der Waals surface area contributed by atoms with E-state index >= 15 is 0 Å². The molecule has 0 spiro atoms. The lowest BCUT2D eigenvalue weighted by molar-refractivity contribution is -0.137. The normalized spacial score (nSPS) is 21.6. The molecule has 100 valence electrons. The second-order valence-corrected chi connectivity index (χ2v) is 4.94. The molecule has 1 saturated heterocycles. The van der Waals surface area contributed by atoms with Gasteiger partial charge >= 0.3 is 5.97 Å². The van der Waals surface area contributed by atoms with E-state index in [9.17, 15) is 4.79 Å². The van der Waals surface area contributed by atoms with Crippen molar-refractivity contribution in [3.8, 4) is 0 Å². The van der Waals surface area contributed by atoms with Gasteiger partial charge in [0.05, 0.1) is 0 Å². The fourth-order valence-electron chi connectivity index (χ4n) is 2.35. The number of likely N-dealkylation sites (tertiary alicyclic amines) is 1. The Morgan fingerprint density at radius 2 is 2.29 bits per heavy atom. The predicted molar refractivity (Wildman–Crippen MR) is 69.2 cm³/mol. The van der Waals surface area contributed by atoms with Crippen molar-refractivity contribution in [2.45, 2.75) is 51.5 Å². The minimum atomic E-state index is -0.694. The lowest BCUT2D eigenvalue weighted by Crippen LogP contribution is -2.46.